The van der Waals surface area contributed by atoms with E-state index in [1.54, 1.807) is 12.1 Å². The number of carbonyl (C=O) groups excluding carboxylic acids is 2. The molecule has 8 nitrogen and oxygen atoms in total. The van der Waals surface area contributed by atoms with E-state index in [4.69, 9.17) is 21.4 Å². The number of rotatable bonds is 5. The largest absolute Gasteiger partial charge is 0.459 e. The lowest BCUT2D eigenvalue weighted by molar-refractivity contribution is -0.136. The van der Waals surface area contributed by atoms with Gasteiger partial charge in [-0.05, 0) is 68.6 Å². The number of amides is 2. The second-order valence-electron chi connectivity index (χ2n) is 9.68. The normalized spacial score (nSPS) is 27.1. The zero-order valence-electron chi connectivity index (χ0n) is 20.1. The summed E-state index contributed by atoms with van der Waals surface area (Å²) >= 11 is 5.28. The molecule has 5 rings (SSSR count). The molecule has 3 N–H and O–H groups in total. The number of thiocarbonyl (C=S) groups is 1. The fourth-order valence-corrected chi connectivity index (χ4v) is 6.37. The van der Waals surface area contributed by atoms with Gasteiger partial charge in [0.15, 0.2) is 10.9 Å². The third-order valence-electron chi connectivity index (χ3n) is 7.59. The molecule has 2 saturated heterocycles. The average Bonchev–Trinajstić information content (AvgIpc) is 3.47. The van der Waals surface area contributed by atoms with E-state index in [2.05, 4.69) is 28.1 Å². The molecule has 2 amide bonds. The number of ether oxygens (including phenoxy) is 1. The van der Waals surface area contributed by atoms with Crippen LogP contribution in [0, 0.1) is 0 Å². The number of nitrogens with zero attached hydrogens (tertiary/aromatic N) is 1. The van der Waals surface area contributed by atoms with Crippen LogP contribution in [0.5, 0.6) is 0 Å². The van der Waals surface area contributed by atoms with Crippen molar-refractivity contribution < 1.29 is 18.7 Å². The fraction of sp³-hybridized carbons (Fsp3) is 0.500. The molecule has 1 aromatic carbocycles. The van der Waals surface area contributed by atoms with Gasteiger partial charge in [-0.1, -0.05) is 24.3 Å². The Labute approximate surface area is 210 Å². The van der Waals surface area contributed by atoms with E-state index in [1.807, 2.05) is 30.9 Å². The molecular weight excluding hydrogens is 464 g/mol. The smallest absolute Gasteiger partial charge is 0.287 e. The van der Waals surface area contributed by atoms with Crippen molar-refractivity contribution >= 4 is 29.1 Å². The van der Waals surface area contributed by atoms with Crippen molar-refractivity contribution in [3.8, 4) is 0 Å². The molecule has 2 fully saturated rings. The minimum atomic E-state index is -0.299. The molecule has 186 valence electrons. The molecule has 0 saturated carbocycles. The van der Waals surface area contributed by atoms with Crippen molar-refractivity contribution in [3.05, 3.63) is 59.5 Å². The first-order chi connectivity index (χ1) is 16.9. The van der Waals surface area contributed by atoms with Gasteiger partial charge < -0.3 is 30.0 Å². The van der Waals surface area contributed by atoms with Crippen LogP contribution in [0.2, 0.25) is 0 Å². The first-order valence-corrected chi connectivity index (χ1v) is 12.7. The second-order valence-corrected chi connectivity index (χ2v) is 10.1. The van der Waals surface area contributed by atoms with Gasteiger partial charge >= 0.3 is 0 Å². The quantitative estimate of drug-likeness (QED) is 0.548. The topological polar surface area (TPSA) is 95.8 Å². The highest BCUT2D eigenvalue weighted by atomic mass is 32.1. The zero-order chi connectivity index (χ0) is 24.6. The number of benzene rings is 1. The molecule has 1 spiro atoms. The summed E-state index contributed by atoms with van der Waals surface area (Å²) < 4.78 is 11.7. The zero-order valence-corrected chi connectivity index (χ0v) is 20.9. The van der Waals surface area contributed by atoms with Gasteiger partial charge in [-0.3, -0.25) is 9.59 Å². The third kappa shape index (κ3) is 4.31. The van der Waals surface area contributed by atoms with Crippen LogP contribution in [-0.2, 0) is 14.9 Å². The predicted molar refractivity (Wildman–Crippen MR) is 135 cm³/mol. The standard InChI is InChI=1S/C26H32N4O4S/c1-3-33-22-21(29-23(31)20-9-6-14-34-20)17-7-4-5-8-18(17)26(22)10-12-30(13-11-26)24(32)19-15-16(2)27-25(35)28-19/h4-9,14,16,19,21-22H,3,10-13,15H2,1-2H3,(H,29,31)(H2,27,28,35)/t16-,19+,21-,22+/m1/s1. The molecule has 0 bridgehead atoms. The molecule has 3 aliphatic rings. The lowest BCUT2D eigenvalue weighted by Crippen LogP contribution is -2.60. The molecule has 35 heavy (non-hydrogen) atoms. The summed E-state index contributed by atoms with van der Waals surface area (Å²) in [6.07, 6.45) is 3.49. The van der Waals surface area contributed by atoms with E-state index in [-0.39, 0.29) is 47.2 Å². The molecule has 9 heteroatoms. The minimum Gasteiger partial charge on any atom is -0.459 e. The van der Waals surface area contributed by atoms with Gasteiger partial charge in [0, 0.05) is 31.2 Å². The summed E-state index contributed by atoms with van der Waals surface area (Å²) in [7, 11) is 0. The van der Waals surface area contributed by atoms with Crippen LogP contribution < -0.4 is 16.0 Å². The van der Waals surface area contributed by atoms with Gasteiger partial charge in [-0.25, -0.2) is 0 Å². The van der Waals surface area contributed by atoms with Crippen molar-refractivity contribution in [2.75, 3.05) is 19.7 Å². The Morgan fingerprint density at radius 3 is 2.66 bits per heavy atom. The summed E-state index contributed by atoms with van der Waals surface area (Å²) in [6.45, 7) is 5.81. The Bertz CT molecular complexity index is 1100. The number of piperidine rings is 1. The van der Waals surface area contributed by atoms with Crippen molar-refractivity contribution in [1.29, 1.82) is 0 Å². The van der Waals surface area contributed by atoms with E-state index in [1.165, 1.54) is 11.8 Å². The highest BCUT2D eigenvalue weighted by molar-refractivity contribution is 7.80. The molecule has 1 aliphatic carbocycles. The van der Waals surface area contributed by atoms with Crippen molar-refractivity contribution in [1.82, 2.24) is 20.9 Å². The van der Waals surface area contributed by atoms with Gasteiger partial charge in [0.1, 0.15) is 6.04 Å². The number of likely N-dealkylation sites (tertiary alicyclic amines) is 1. The molecule has 2 aromatic rings. The Kier molecular flexibility index (Phi) is 6.55. The number of furan rings is 1. The summed E-state index contributed by atoms with van der Waals surface area (Å²) in [5.41, 5.74) is 1.99. The number of hydrogen-bond donors (Lipinski definition) is 3. The van der Waals surface area contributed by atoms with Crippen LogP contribution in [0.25, 0.3) is 0 Å². The summed E-state index contributed by atoms with van der Waals surface area (Å²) in [5.74, 6) is 0.115. The monoisotopic (exact) mass is 496 g/mol. The molecule has 0 unspecified atom stereocenters. The molecule has 4 atom stereocenters. The first kappa shape index (κ1) is 23.8. The first-order valence-electron chi connectivity index (χ1n) is 12.3. The Morgan fingerprint density at radius 2 is 1.97 bits per heavy atom. The summed E-state index contributed by atoms with van der Waals surface area (Å²) in [5, 5.41) is 10.0. The van der Waals surface area contributed by atoms with Crippen LogP contribution >= 0.6 is 12.2 Å². The molecule has 0 radical (unpaired) electrons. The maximum absolute atomic E-state index is 13.3. The number of hydrogen-bond acceptors (Lipinski definition) is 5. The van der Waals surface area contributed by atoms with Crippen LogP contribution in [0.15, 0.2) is 47.1 Å². The lowest BCUT2D eigenvalue weighted by atomic mass is 9.71. The van der Waals surface area contributed by atoms with E-state index in [9.17, 15) is 9.59 Å². The SMILES string of the molecule is CCO[C@H]1[C@H](NC(=O)c2ccco2)c2ccccc2C12CCN(C(=O)[C@@H]1C[C@@H](C)NC(=S)N1)CC2. The fourth-order valence-electron chi connectivity index (χ4n) is 6.02. The van der Waals surface area contributed by atoms with E-state index >= 15 is 0 Å². The van der Waals surface area contributed by atoms with E-state index in [0.717, 1.165) is 18.4 Å². The van der Waals surface area contributed by atoms with Crippen LogP contribution in [0.4, 0.5) is 0 Å². The van der Waals surface area contributed by atoms with Gasteiger partial charge in [0.05, 0.1) is 18.4 Å². The number of fused-ring (bicyclic) bond motifs is 2. The van der Waals surface area contributed by atoms with Crippen molar-refractivity contribution in [2.45, 2.75) is 62.8 Å². The van der Waals surface area contributed by atoms with Gasteiger partial charge in [0.2, 0.25) is 5.91 Å². The molecule has 3 heterocycles. The predicted octanol–water partition coefficient (Wildman–Crippen LogP) is 2.65. The third-order valence-corrected chi connectivity index (χ3v) is 7.83. The average molecular weight is 497 g/mol. The maximum Gasteiger partial charge on any atom is 0.287 e. The highest BCUT2D eigenvalue weighted by Gasteiger charge is 2.55. The maximum atomic E-state index is 13.3. The van der Waals surface area contributed by atoms with E-state index in [0.29, 0.717) is 31.2 Å². The van der Waals surface area contributed by atoms with Gasteiger partial charge in [-0.15, -0.1) is 0 Å². The number of carbonyl (C=O) groups is 2. The van der Waals surface area contributed by atoms with Crippen LogP contribution in [-0.4, -0.2) is 59.7 Å². The van der Waals surface area contributed by atoms with E-state index < -0.39 is 0 Å². The Balaban J connectivity index is 1.38. The Morgan fingerprint density at radius 1 is 1.20 bits per heavy atom. The van der Waals surface area contributed by atoms with Gasteiger partial charge in [0.25, 0.3) is 5.91 Å². The molecular formula is C26H32N4O4S. The van der Waals surface area contributed by atoms with Crippen molar-refractivity contribution in [3.63, 3.8) is 0 Å². The van der Waals surface area contributed by atoms with Crippen molar-refractivity contribution in [2.24, 2.45) is 0 Å². The van der Waals surface area contributed by atoms with Gasteiger partial charge in [-0.2, -0.15) is 0 Å². The number of nitrogens with one attached hydrogen (secondary N) is 3. The molecule has 1 aromatic heterocycles. The van der Waals surface area contributed by atoms with Crippen LogP contribution in [0.3, 0.4) is 0 Å². The minimum absolute atomic E-state index is 0.0949. The highest BCUT2D eigenvalue weighted by Crippen LogP contribution is 2.52. The second kappa shape index (κ2) is 9.62. The summed E-state index contributed by atoms with van der Waals surface area (Å²) in [4.78, 5) is 28.2. The van der Waals surface area contributed by atoms with Crippen LogP contribution in [0.1, 0.15) is 60.8 Å². The lowest BCUT2D eigenvalue weighted by Gasteiger charge is -2.45. The Hall–Kier alpha value is -2.91. The molecule has 2 aliphatic heterocycles. The summed E-state index contributed by atoms with van der Waals surface area (Å²) in [6, 6.07) is 11.2.